The van der Waals surface area contributed by atoms with Crippen LogP contribution in [-0.4, -0.2) is 53.8 Å². The van der Waals surface area contributed by atoms with Crippen LogP contribution in [0.1, 0.15) is 26.6 Å². The number of halogens is 1. The molecule has 1 aromatic rings. The highest BCUT2D eigenvalue weighted by Gasteiger charge is 2.26. The van der Waals surface area contributed by atoms with Crippen LogP contribution in [0.3, 0.4) is 0 Å². The second-order valence-electron chi connectivity index (χ2n) is 5.61. The van der Waals surface area contributed by atoms with Crippen molar-refractivity contribution in [2.24, 2.45) is 10.4 Å². The van der Waals surface area contributed by atoms with Crippen molar-refractivity contribution in [3.8, 4) is 0 Å². The molecule has 132 valence electrons. The molecule has 0 unspecified atom stereocenters. The van der Waals surface area contributed by atoms with Crippen LogP contribution in [0, 0.1) is 5.41 Å². The molecule has 0 saturated carbocycles. The summed E-state index contributed by atoms with van der Waals surface area (Å²) in [5.74, 6) is 1.63. The summed E-state index contributed by atoms with van der Waals surface area (Å²) >= 11 is 0. The molecule has 1 aromatic heterocycles. The predicted octanol–water partition coefficient (Wildman–Crippen LogP) is 0.396. The lowest BCUT2D eigenvalue weighted by Gasteiger charge is -2.24. The van der Waals surface area contributed by atoms with Crippen LogP contribution in [0.5, 0.6) is 0 Å². The third kappa shape index (κ3) is 6.71. The summed E-state index contributed by atoms with van der Waals surface area (Å²) in [5, 5.41) is 17.0. The molecule has 0 bridgehead atoms. The van der Waals surface area contributed by atoms with Gasteiger partial charge in [0.25, 0.3) is 0 Å². The van der Waals surface area contributed by atoms with Gasteiger partial charge in [-0.1, -0.05) is 6.92 Å². The molecule has 0 aliphatic heterocycles. The average Bonchev–Trinajstić information content (AvgIpc) is 2.97. The number of hydrogen-bond donors (Lipinski definition) is 3. The molecule has 0 fully saturated rings. The molecular weight excluding hydrogens is 409 g/mol. The van der Waals surface area contributed by atoms with Crippen molar-refractivity contribution < 1.29 is 4.79 Å². The Morgan fingerprint density at radius 3 is 2.65 bits per heavy atom. The molecule has 3 N–H and O–H groups in total. The van der Waals surface area contributed by atoms with E-state index in [4.69, 9.17) is 0 Å². The zero-order chi connectivity index (χ0) is 16.6. The van der Waals surface area contributed by atoms with E-state index >= 15 is 0 Å². The number of carbonyl (C=O) groups excluding carboxylic acids is 1. The summed E-state index contributed by atoms with van der Waals surface area (Å²) in [6.45, 7) is 7.78. The van der Waals surface area contributed by atoms with Gasteiger partial charge in [-0.15, -0.1) is 34.2 Å². The molecule has 0 aliphatic rings. The summed E-state index contributed by atoms with van der Waals surface area (Å²) in [6, 6.07) is 0. The topological polar surface area (TPSA) is 96.2 Å². The highest BCUT2D eigenvalue weighted by atomic mass is 127. The van der Waals surface area contributed by atoms with E-state index in [-0.39, 0.29) is 29.9 Å². The minimum Gasteiger partial charge on any atom is -0.359 e. The van der Waals surface area contributed by atoms with Crippen LogP contribution in [-0.2, 0) is 17.8 Å². The van der Waals surface area contributed by atoms with E-state index in [1.165, 1.54) is 0 Å². The van der Waals surface area contributed by atoms with Crippen molar-refractivity contribution in [2.45, 2.75) is 33.7 Å². The van der Waals surface area contributed by atoms with Crippen LogP contribution >= 0.6 is 24.0 Å². The van der Waals surface area contributed by atoms with Gasteiger partial charge in [-0.05, 0) is 13.8 Å². The van der Waals surface area contributed by atoms with E-state index in [0.717, 1.165) is 18.8 Å². The first-order chi connectivity index (χ1) is 10.4. The van der Waals surface area contributed by atoms with Gasteiger partial charge >= 0.3 is 0 Å². The minimum atomic E-state index is -0.504. The second-order valence-corrected chi connectivity index (χ2v) is 5.61. The van der Waals surface area contributed by atoms with Crippen LogP contribution in [0.25, 0.3) is 0 Å². The van der Waals surface area contributed by atoms with E-state index in [2.05, 4.69) is 38.1 Å². The zero-order valence-corrected chi connectivity index (χ0v) is 16.8. The number of aromatic nitrogens is 3. The number of carbonyl (C=O) groups is 1. The third-order valence-electron chi connectivity index (χ3n) is 3.42. The summed E-state index contributed by atoms with van der Waals surface area (Å²) in [7, 11) is 3.35. The smallest absolute Gasteiger partial charge is 0.227 e. The molecule has 0 aromatic carbocycles. The quantitative estimate of drug-likeness (QED) is 0.326. The SMILES string of the molecule is CCc1nncn1CCNC(=NC)NCC(C)(C)C(=O)NC.I. The lowest BCUT2D eigenvalue weighted by atomic mass is 9.92. The number of guanidine groups is 1. The number of nitrogens with zero attached hydrogens (tertiary/aromatic N) is 4. The van der Waals surface area contributed by atoms with Gasteiger partial charge < -0.3 is 20.5 Å². The lowest BCUT2D eigenvalue weighted by Crippen LogP contribution is -2.47. The molecule has 1 amide bonds. The van der Waals surface area contributed by atoms with Crippen molar-refractivity contribution >= 4 is 35.8 Å². The first-order valence-electron chi connectivity index (χ1n) is 7.48. The molecular formula is C14H28IN7O. The normalized spacial score (nSPS) is 11.6. The fourth-order valence-corrected chi connectivity index (χ4v) is 1.98. The lowest BCUT2D eigenvalue weighted by molar-refractivity contribution is -0.128. The molecule has 1 heterocycles. The molecule has 1 rings (SSSR count). The Morgan fingerprint density at radius 2 is 2.09 bits per heavy atom. The van der Waals surface area contributed by atoms with Crippen LogP contribution < -0.4 is 16.0 Å². The van der Waals surface area contributed by atoms with Crippen LogP contribution in [0.4, 0.5) is 0 Å². The van der Waals surface area contributed by atoms with Crippen molar-refractivity contribution in [1.29, 1.82) is 0 Å². The monoisotopic (exact) mass is 437 g/mol. The predicted molar refractivity (Wildman–Crippen MR) is 102 cm³/mol. The zero-order valence-electron chi connectivity index (χ0n) is 14.5. The van der Waals surface area contributed by atoms with Gasteiger partial charge in [-0.2, -0.15) is 0 Å². The van der Waals surface area contributed by atoms with E-state index in [1.54, 1.807) is 20.4 Å². The average molecular weight is 437 g/mol. The fourth-order valence-electron chi connectivity index (χ4n) is 1.98. The molecule has 23 heavy (non-hydrogen) atoms. The number of aliphatic imine (C=N–C) groups is 1. The van der Waals surface area contributed by atoms with E-state index < -0.39 is 5.41 Å². The summed E-state index contributed by atoms with van der Waals surface area (Å²) in [5.41, 5.74) is -0.504. The van der Waals surface area contributed by atoms with E-state index in [1.807, 2.05) is 18.4 Å². The van der Waals surface area contributed by atoms with E-state index in [0.29, 0.717) is 19.0 Å². The maximum atomic E-state index is 11.7. The molecule has 0 aliphatic carbocycles. The second kappa shape index (κ2) is 10.4. The summed E-state index contributed by atoms with van der Waals surface area (Å²) < 4.78 is 2.01. The highest BCUT2D eigenvalue weighted by molar-refractivity contribution is 14.0. The van der Waals surface area contributed by atoms with Gasteiger partial charge in [0.1, 0.15) is 12.2 Å². The molecule has 0 saturated heterocycles. The van der Waals surface area contributed by atoms with Crippen LogP contribution in [0.15, 0.2) is 11.3 Å². The maximum Gasteiger partial charge on any atom is 0.227 e. The Hall–Kier alpha value is -1.39. The van der Waals surface area contributed by atoms with Gasteiger partial charge in [0, 0.05) is 40.2 Å². The van der Waals surface area contributed by atoms with Gasteiger partial charge in [-0.3, -0.25) is 9.79 Å². The number of rotatable bonds is 7. The van der Waals surface area contributed by atoms with Crippen molar-refractivity contribution in [1.82, 2.24) is 30.7 Å². The number of hydrogen-bond acceptors (Lipinski definition) is 4. The number of aryl methyl sites for hydroxylation is 1. The van der Waals surface area contributed by atoms with Crippen molar-refractivity contribution in [3.05, 3.63) is 12.2 Å². The number of amides is 1. The Balaban J connectivity index is 0.00000484. The van der Waals surface area contributed by atoms with Crippen LogP contribution in [0.2, 0.25) is 0 Å². The first-order valence-corrected chi connectivity index (χ1v) is 7.48. The number of nitrogens with one attached hydrogen (secondary N) is 3. The Kier molecular flexibility index (Phi) is 9.77. The minimum absolute atomic E-state index is 0. The van der Waals surface area contributed by atoms with E-state index in [9.17, 15) is 4.79 Å². The largest absolute Gasteiger partial charge is 0.359 e. The van der Waals surface area contributed by atoms with Gasteiger partial charge in [-0.25, -0.2) is 0 Å². The fraction of sp³-hybridized carbons (Fsp3) is 0.714. The van der Waals surface area contributed by atoms with Gasteiger partial charge in [0.2, 0.25) is 5.91 Å². The third-order valence-corrected chi connectivity index (χ3v) is 3.42. The molecule has 0 atom stereocenters. The molecule has 8 nitrogen and oxygen atoms in total. The Labute approximate surface area is 154 Å². The Morgan fingerprint density at radius 1 is 1.39 bits per heavy atom. The Bertz CT molecular complexity index is 513. The molecule has 0 radical (unpaired) electrons. The molecule has 9 heteroatoms. The van der Waals surface area contributed by atoms with Gasteiger partial charge in [0.15, 0.2) is 5.96 Å². The maximum absolute atomic E-state index is 11.7. The van der Waals surface area contributed by atoms with Gasteiger partial charge in [0.05, 0.1) is 5.41 Å². The van der Waals surface area contributed by atoms with Crippen molar-refractivity contribution in [3.63, 3.8) is 0 Å². The highest BCUT2D eigenvalue weighted by Crippen LogP contribution is 2.12. The first kappa shape index (κ1) is 21.6. The van der Waals surface area contributed by atoms with Crippen molar-refractivity contribution in [2.75, 3.05) is 27.2 Å². The molecule has 0 spiro atoms. The summed E-state index contributed by atoms with van der Waals surface area (Å²) in [4.78, 5) is 15.9. The standard InChI is InChI=1S/C14H27N7O.HI/c1-6-11-20-19-10-21(11)8-7-17-13(16-5)18-9-14(2,3)12(22)15-4;/h10H,6-9H2,1-5H3,(H,15,22)(H2,16,17,18);1H. The summed E-state index contributed by atoms with van der Waals surface area (Å²) in [6.07, 6.45) is 2.58.